The molecule has 0 radical (unpaired) electrons. The van der Waals surface area contributed by atoms with Gasteiger partial charge in [-0.2, -0.15) is 0 Å². The molecular weight excluding hydrogens is 428 g/mol. The van der Waals surface area contributed by atoms with Crippen LogP contribution in [0.1, 0.15) is 56.0 Å². The Balaban J connectivity index is 0.000000224. The molecule has 3 heterocycles. The van der Waals surface area contributed by atoms with Gasteiger partial charge < -0.3 is 19.5 Å². The molecular formula is C27H36N4O3. The third-order valence-corrected chi connectivity index (χ3v) is 5.26. The van der Waals surface area contributed by atoms with Crippen molar-refractivity contribution in [3.8, 4) is 0 Å². The highest BCUT2D eigenvalue weighted by Gasteiger charge is 2.17. The lowest BCUT2D eigenvalue weighted by Gasteiger charge is -2.25. The summed E-state index contributed by atoms with van der Waals surface area (Å²) in [6.07, 6.45) is 11.3. The Labute approximate surface area is 202 Å². The Morgan fingerprint density at radius 3 is 2.50 bits per heavy atom. The van der Waals surface area contributed by atoms with Gasteiger partial charge in [-0.15, -0.1) is 0 Å². The number of aromatic amines is 1. The number of piperidine rings is 1. The van der Waals surface area contributed by atoms with Gasteiger partial charge in [0.25, 0.3) is 0 Å². The Bertz CT molecular complexity index is 1040. The van der Waals surface area contributed by atoms with E-state index in [0.29, 0.717) is 12.2 Å². The average Bonchev–Trinajstić information content (AvgIpc) is 3.38. The number of hydrogen-bond donors (Lipinski definition) is 1. The zero-order valence-electron chi connectivity index (χ0n) is 20.7. The number of likely N-dealkylation sites (tertiary alicyclic amines) is 1. The number of aldehydes is 1. The number of rotatable bonds is 5. The molecule has 1 amide bonds. The summed E-state index contributed by atoms with van der Waals surface area (Å²) in [5.74, 6) is 0. The van der Waals surface area contributed by atoms with Gasteiger partial charge in [0.15, 0.2) is 6.29 Å². The molecule has 4 rings (SSSR count). The lowest BCUT2D eigenvalue weighted by atomic mass is 10.1. The fourth-order valence-corrected chi connectivity index (χ4v) is 3.67. The predicted octanol–water partition coefficient (Wildman–Crippen LogP) is 6.18. The van der Waals surface area contributed by atoms with Gasteiger partial charge in [-0.25, -0.2) is 9.78 Å². The topological polar surface area (TPSA) is 78.5 Å². The zero-order chi connectivity index (χ0) is 24.8. The summed E-state index contributed by atoms with van der Waals surface area (Å²) in [5.41, 5.74) is 3.29. The number of carbonyl (C=O) groups is 2. The van der Waals surface area contributed by atoms with Crippen molar-refractivity contribution in [3.63, 3.8) is 0 Å². The van der Waals surface area contributed by atoms with Crippen LogP contribution in [0.25, 0.3) is 11.0 Å². The van der Waals surface area contributed by atoms with Gasteiger partial charge in [-0.3, -0.25) is 4.79 Å². The SMILES string of the molecule is C/C=C\N(C)c1c(C=O)cnc2[nH]ccc12.CC.O=C(OCc1ccccc1)N1CCCCC1. The number of fused-ring (bicyclic) bond motifs is 1. The molecule has 0 unspecified atom stereocenters. The number of carbonyl (C=O) groups excluding carboxylic acids is 2. The van der Waals surface area contributed by atoms with Crippen molar-refractivity contribution in [2.24, 2.45) is 0 Å². The Kier molecular flexibility index (Phi) is 11.4. The summed E-state index contributed by atoms with van der Waals surface area (Å²) < 4.78 is 5.25. The highest BCUT2D eigenvalue weighted by atomic mass is 16.6. The van der Waals surface area contributed by atoms with E-state index < -0.39 is 0 Å². The first-order valence-electron chi connectivity index (χ1n) is 11.9. The molecule has 1 aliphatic rings. The summed E-state index contributed by atoms with van der Waals surface area (Å²) in [7, 11) is 1.91. The molecule has 7 heteroatoms. The number of aromatic nitrogens is 2. The normalized spacial score (nSPS) is 12.9. The summed E-state index contributed by atoms with van der Waals surface area (Å²) in [6, 6.07) is 11.7. The fourth-order valence-electron chi connectivity index (χ4n) is 3.67. The predicted molar refractivity (Wildman–Crippen MR) is 138 cm³/mol. The third-order valence-electron chi connectivity index (χ3n) is 5.26. The molecule has 182 valence electrons. The van der Waals surface area contributed by atoms with E-state index in [1.807, 2.05) is 87.6 Å². The number of pyridine rings is 1. The second kappa shape index (κ2) is 14.5. The fraction of sp³-hybridized carbons (Fsp3) is 0.370. The summed E-state index contributed by atoms with van der Waals surface area (Å²) in [6.45, 7) is 7.99. The van der Waals surface area contributed by atoms with E-state index in [4.69, 9.17) is 4.74 Å². The number of H-pyrrole nitrogens is 1. The number of benzene rings is 1. The van der Waals surface area contributed by atoms with Crippen LogP contribution in [-0.4, -0.2) is 47.4 Å². The van der Waals surface area contributed by atoms with Gasteiger partial charge in [-0.05, 0) is 44.0 Å². The molecule has 1 aromatic carbocycles. The second-order valence-electron chi connectivity index (χ2n) is 7.60. The number of hydrogen-bond acceptors (Lipinski definition) is 5. The number of nitrogens with zero attached hydrogens (tertiary/aromatic N) is 3. The van der Waals surface area contributed by atoms with Crippen molar-refractivity contribution in [1.29, 1.82) is 0 Å². The maximum atomic E-state index is 11.7. The quantitative estimate of drug-likeness (QED) is 0.456. The lowest BCUT2D eigenvalue weighted by molar-refractivity contribution is 0.0894. The monoisotopic (exact) mass is 464 g/mol. The summed E-state index contributed by atoms with van der Waals surface area (Å²) in [4.78, 5) is 33.6. The van der Waals surface area contributed by atoms with Crippen molar-refractivity contribution in [2.75, 3.05) is 25.0 Å². The molecule has 1 fully saturated rings. The minimum atomic E-state index is -0.177. The van der Waals surface area contributed by atoms with Crippen LogP contribution in [0.2, 0.25) is 0 Å². The van der Waals surface area contributed by atoms with E-state index in [1.54, 1.807) is 11.1 Å². The maximum Gasteiger partial charge on any atom is 0.410 e. The largest absolute Gasteiger partial charge is 0.445 e. The highest BCUT2D eigenvalue weighted by molar-refractivity contribution is 5.99. The molecule has 1 saturated heterocycles. The van der Waals surface area contributed by atoms with Crippen LogP contribution >= 0.6 is 0 Å². The molecule has 0 aliphatic carbocycles. The molecule has 1 N–H and O–H groups in total. The number of nitrogens with one attached hydrogen (secondary N) is 1. The third kappa shape index (κ3) is 7.47. The van der Waals surface area contributed by atoms with Gasteiger partial charge in [0.2, 0.25) is 0 Å². The van der Waals surface area contributed by atoms with E-state index in [1.165, 1.54) is 6.42 Å². The van der Waals surface area contributed by atoms with Gasteiger partial charge in [0.1, 0.15) is 12.3 Å². The van der Waals surface area contributed by atoms with E-state index in [-0.39, 0.29) is 6.09 Å². The molecule has 2 aromatic heterocycles. The van der Waals surface area contributed by atoms with Crippen LogP contribution in [0.5, 0.6) is 0 Å². The van der Waals surface area contributed by atoms with Crippen molar-refractivity contribution in [3.05, 3.63) is 72.2 Å². The van der Waals surface area contributed by atoms with Gasteiger partial charge in [0.05, 0.1) is 11.3 Å². The first-order chi connectivity index (χ1) is 16.6. The number of amides is 1. The standard InChI is InChI=1S/C13H17NO2.C12H13N3O.C2H6/c15-13(14-9-5-2-6-10-14)16-11-12-7-3-1-4-8-12;1-3-6-15(2)11-9(8-16)7-14-12-10(11)4-5-13-12;1-2/h1,3-4,7-8H,2,5-6,9-11H2;3-8H,1-2H3,(H,13,14);1-2H3/b;6-3-;. The van der Waals surface area contributed by atoms with Gasteiger partial charge in [0, 0.05) is 37.9 Å². The minimum Gasteiger partial charge on any atom is -0.445 e. The summed E-state index contributed by atoms with van der Waals surface area (Å²) >= 11 is 0. The molecule has 34 heavy (non-hydrogen) atoms. The van der Waals surface area contributed by atoms with Crippen LogP contribution in [0, 0.1) is 0 Å². The molecule has 0 spiro atoms. The smallest absolute Gasteiger partial charge is 0.410 e. The van der Waals surface area contributed by atoms with Crippen LogP contribution in [0.15, 0.2) is 61.1 Å². The Morgan fingerprint density at radius 2 is 1.85 bits per heavy atom. The van der Waals surface area contributed by atoms with Gasteiger partial charge >= 0.3 is 6.09 Å². The number of anilines is 1. The Hall–Kier alpha value is -3.61. The van der Waals surface area contributed by atoms with Crippen LogP contribution in [0.4, 0.5) is 10.5 Å². The Morgan fingerprint density at radius 1 is 1.15 bits per heavy atom. The van der Waals surface area contributed by atoms with Crippen LogP contribution in [0.3, 0.4) is 0 Å². The van der Waals surface area contributed by atoms with Gasteiger partial charge in [-0.1, -0.05) is 50.3 Å². The number of ether oxygens (including phenoxy) is 1. The second-order valence-corrected chi connectivity index (χ2v) is 7.60. The molecule has 3 aromatic rings. The molecule has 1 aliphatic heterocycles. The highest BCUT2D eigenvalue weighted by Crippen LogP contribution is 2.27. The van der Waals surface area contributed by atoms with Crippen LogP contribution < -0.4 is 4.90 Å². The van der Waals surface area contributed by atoms with Crippen molar-refractivity contribution in [1.82, 2.24) is 14.9 Å². The zero-order valence-corrected chi connectivity index (χ0v) is 20.7. The van der Waals surface area contributed by atoms with E-state index in [2.05, 4.69) is 9.97 Å². The van der Waals surface area contributed by atoms with Crippen molar-refractivity contribution in [2.45, 2.75) is 46.6 Å². The first kappa shape index (κ1) is 26.6. The average molecular weight is 465 g/mol. The van der Waals surface area contributed by atoms with Crippen molar-refractivity contribution < 1.29 is 14.3 Å². The maximum absolute atomic E-state index is 11.7. The minimum absolute atomic E-state index is 0.177. The first-order valence-corrected chi connectivity index (χ1v) is 11.9. The van der Waals surface area contributed by atoms with Crippen molar-refractivity contribution >= 4 is 29.1 Å². The molecule has 0 bridgehead atoms. The van der Waals surface area contributed by atoms with E-state index in [9.17, 15) is 9.59 Å². The van der Waals surface area contributed by atoms with Crippen LogP contribution in [-0.2, 0) is 11.3 Å². The summed E-state index contributed by atoms with van der Waals surface area (Å²) in [5, 5.41) is 0.949. The van der Waals surface area contributed by atoms with E-state index >= 15 is 0 Å². The lowest BCUT2D eigenvalue weighted by Crippen LogP contribution is -2.35. The molecule has 7 nitrogen and oxygen atoms in total. The van der Waals surface area contributed by atoms with E-state index in [0.717, 1.165) is 54.5 Å². The number of allylic oxidation sites excluding steroid dienone is 1. The molecule has 0 atom stereocenters. The molecule has 0 saturated carbocycles.